The van der Waals surface area contributed by atoms with Crippen molar-refractivity contribution in [2.75, 3.05) is 37.7 Å². The Morgan fingerprint density at radius 3 is 1.73 bits per heavy atom. The molecule has 0 saturated heterocycles. The quantitative estimate of drug-likeness (QED) is 0.119. The Labute approximate surface area is 247 Å². The van der Waals surface area contributed by atoms with Crippen LogP contribution in [0.15, 0.2) is 35.2 Å². The van der Waals surface area contributed by atoms with Gasteiger partial charge in [-0.2, -0.15) is 0 Å². The van der Waals surface area contributed by atoms with Crippen LogP contribution in [0.2, 0.25) is 0 Å². The van der Waals surface area contributed by atoms with Crippen molar-refractivity contribution in [1.29, 1.82) is 0 Å². The van der Waals surface area contributed by atoms with Gasteiger partial charge in [0.05, 0.1) is 21.7 Å². The average molecular weight is 637 g/mol. The van der Waals surface area contributed by atoms with Gasteiger partial charge in [-0.25, -0.2) is 26.3 Å². The molecule has 1 saturated carbocycles. The first kappa shape index (κ1) is 34.9. The van der Waals surface area contributed by atoms with Crippen LogP contribution in [0.25, 0.3) is 0 Å². The van der Waals surface area contributed by atoms with E-state index in [1.807, 2.05) is 0 Å². The van der Waals surface area contributed by atoms with E-state index in [9.17, 15) is 26.4 Å². The lowest BCUT2D eigenvalue weighted by Crippen LogP contribution is -2.36. The fourth-order valence-electron chi connectivity index (χ4n) is 4.20. The fourth-order valence-corrected chi connectivity index (χ4v) is 8.64. The van der Waals surface area contributed by atoms with Gasteiger partial charge in [0.25, 0.3) is 0 Å². The van der Waals surface area contributed by atoms with Crippen LogP contribution in [-0.2, 0) is 29.6 Å². The molecule has 1 aromatic carbocycles. The highest BCUT2D eigenvalue weighted by atomic mass is 33.1. The van der Waals surface area contributed by atoms with Crippen molar-refractivity contribution in [2.24, 2.45) is 0 Å². The van der Waals surface area contributed by atoms with Gasteiger partial charge in [-0.3, -0.25) is 9.59 Å². The van der Waals surface area contributed by atoms with Crippen molar-refractivity contribution in [2.45, 2.75) is 80.8 Å². The molecule has 0 bridgehead atoms. The Kier molecular flexibility index (Phi) is 17.2. The Balaban J connectivity index is 1.37. The molecule has 1 aliphatic carbocycles. The van der Waals surface area contributed by atoms with Crippen LogP contribution in [0.1, 0.15) is 70.6 Å². The third kappa shape index (κ3) is 15.1. The number of sulfonamides is 2. The van der Waals surface area contributed by atoms with Gasteiger partial charge in [-0.15, -0.1) is 0 Å². The molecule has 2 rings (SSSR count). The average Bonchev–Trinajstić information content (AvgIpc) is 2.95. The van der Waals surface area contributed by atoms with E-state index in [4.69, 9.17) is 0 Å². The van der Waals surface area contributed by atoms with E-state index < -0.39 is 20.0 Å². The third-order valence-electron chi connectivity index (χ3n) is 6.45. The minimum Gasteiger partial charge on any atom is -0.355 e. The van der Waals surface area contributed by atoms with Gasteiger partial charge in [0.2, 0.25) is 31.9 Å². The molecule has 1 fully saturated rings. The third-order valence-corrected chi connectivity index (χ3v) is 12.0. The van der Waals surface area contributed by atoms with Crippen molar-refractivity contribution in [3.63, 3.8) is 0 Å². The lowest BCUT2D eigenvalue weighted by Gasteiger charge is -2.21. The summed E-state index contributed by atoms with van der Waals surface area (Å²) in [5.74, 6) is 0.337. The molecule has 10 nitrogen and oxygen atoms in total. The van der Waals surface area contributed by atoms with E-state index in [0.717, 1.165) is 64.2 Å². The molecule has 0 spiro atoms. The lowest BCUT2D eigenvalue weighted by molar-refractivity contribution is -0.119. The van der Waals surface area contributed by atoms with Crippen LogP contribution in [0.5, 0.6) is 0 Å². The summed E-state index contributed by atoms with van der Waals surface area (Å²) in [5, 5.41) is 5.45. The monoisotopic (exact) mass is 636 g/mol. The normalized spacial score (nSPS) is 14.6. The predicted molar refractivity (Wildman–Crippen MR) is 164 cm³/mol. The standard InChI is InChI=1S/C26H44N4O6S4/c31-25(27-17-9-3-11-19-29-39(33,34)23-13-5-1-6-14-23)21-37-38-22-26(32)28-18-10-4-12-20-30-40(35,36)24-15-7-2-8-16-24/h1,5-6,13-14,24,29-30H,2-4,7-12,15-22H2,(H,27,31)(H,28,32). The lowest BCUT2D eigenvalue weighted by atomic mass is 10.0. The summed E-state index contributed by atoms with van der Waals surface area (Å²) in [7, 11) is -4.02. The molecule has 0 radical (unpaired) electrons. The minimum atomic E-state index is -3.48. The molecule has 40 heavy (non-hydrogen) atoms. The van der Waals surface area contributed by atoms with Crippen LogP contribution >= 0.6 is 21.6 Å². The molecule has 4 N–H and O–H groups in total. The summed E-state index contributed by atoms with van der Waals surface area (Å²) >= 11 is 0. The van der Waals surface area contributed by atoms with Crippen LogP contribution < -0.4 is 20.1 Å². The molecule has 0 atom stereocenters. The number of hydrogen-bond donors (Lipinski definition) is 4. The number of nitrogens with one attached hydrogen (secondary N) is 4. The zero-order valence-corrected chi connectivity index (χ0v) is 26.3. The van der Waals surface area contributed by atoms with E-state index in [1.54, 1.807) is 30.3 Å². The molecule has 2 amide bonds. The first-order valence-electron chi connectivity index (χ1n) is 14.0. The van der Waals surface area contributed by atoms with Crippen molar-refractivity contribution in [3.8, 4) is 0 Å². The highest BCUT2D eigenvalue weighted by Crippen LogP contribution is 2.23. The van der Waals surface area contributed by atoms with Crippen LogP contribution in [0.4, 0.5) is 0 Å². The van der Waals surface area contributed by atoms with E-state index in [2.05, 4.69) is 20.1 Å². The number of unbranched alkanes of at least 4 members (excludes halogenated alkanes) is 4. The number of rotatable bonds is 21. The number of amides is 2. The van der Waals surface area contributed by atoms with Crippen molar-refractivity contribution >= 4 is 53.4 Å². The first-order valence-corrected chi connectivity index (χ1v) is 19.5. The summed E-state index contributed by atoms with van der Waals surface area (Å²) in [5.41, 5.74) is 0. The second-order valence-corrected chi connectivity index (χ2v) is 16.0. The first-order chi connectivity index (χ1) is 19.2. The van der Waals surface area contributed by atoms with Crippen LogP contribution in [0.3, 0.4) is 0 Å². The smallest absolute Gasteiger partial charge is 0.240 e. The zero-order chi connectivity index (χ0) is 29.1. The Bertz CT molecular complexity index is 1080. The number of carbonyl (C=O) groups is 2. The molecule has 0 aromatic heterocycles. The van der Waals surface area contributed by atoms with Gasteiger partial charge in [0.1, 0.15) is 0 Å². The zero-order valence-electron chi connectivity index (χ0n) is 23.1. The maximum Gasteiger partial charge on any atom is 0.240 e. The highest BCUT2D eigenvalue weighted by molar-refractivity contribution is 8.77. The molecule has 1 aliphatic rings. The number of carbonyl (C=O) groups excluding carboxylic acids is 2. The van der Waals surface area contributed by atoms with Crippen LogP contribution in [-0.4, -0.2) is 71.6 Å². The van der Waals surface area contributed by atoms with E-state index in [-0.39, 0.29) is 33.5 Å². The fraction of sp³-hybridized carbons (Fsp3) is 0.692. The molecule has 1 aromatic rings. The summed E-state index contributed by atoms with van der Waals surface area (Å²) < 4.78 is 54.1. The largest absolute Gasteiger partial charge is 0.355 e. The molecule has 14 heteroatoms. The van der Waals surface area contributed by atoms with E-state index in [1.165, 1.54) is 21.6 Å². The van der Waals surface area contributed by atoms with Crippen LogP contribution in [0, 0.1) is 0 Å². The summed E-state index contributed by atoms with van der Waals surface area (Å²) in [6.07, 6.45) is 9.21. The summed E-state index contributed by atoms with van der Waals surface area (Å²) in [6.45, 7) is 1.87. The topological polar surface area (TPSA) is 151 Å². The number of hydrogen-bond acceptors (Lipinski definition) is 8. The van der Waals surface area contributed by atoms with E-state index in [0.29, 0.717) is 32.6 Å². The summed E-state index contributed by atoms with van der Waals surface area (Å²) in [4.78, 5) is 24.1. The highest BCUT2D eigenvalue weighted by Gasteiger charge is 2.26. The van der Waals surface area contributed by atoms with Gasteiger partial charge in [-0.05, 0) is 50.7 Å². The van der Waals surface area contributed by atoms with Gasteiger partial charge < -0.3 is 10.6 Å². The van der Waals surface area contributed by atoms with Crippen molar-refractivity contribution in [3.05, 3.63) is 30.3 Å². The molecule has 0 heterocycles. The van der Waals surface area contributed by atoms with Crippen molar-refractivity contribution in [1.82, 2.24) is 20.1 Å². The van der Waals surface area contributed by atoms with Gasteiger partial charge in [0, 0.05) is 26.2 Å². The summed E-state index contributed by atoms with van der Waals surface area (Å²) in [6, 6.07) is 8.24. The van der Waals surface area contributed by atoms with Gasteiger partial charge in [-0.1, -0.05) is 71.9 Å². The predicted octanol–water partition coefficient (Wildman–Crippen LogP) is 3.17. The maximum absolute atomic E-state index is 12.3. The minimum absolute atomic E-state index is 0.0844. The Hall–Kier alpha value is -1.32. The Morgan fingerprint density at radius 1 is 0.675 bits per heavy atom. The van der Waals surface area contributed by atoms with E-state index >= 15 is 0 Å². The molecular formula is C26H44N4O6S4. The molecule has 0 aliphatic heterocycles. The molecular weight excluding hydrogens is 593 g/mol. The van der Waals surface area contributed by atoms with Gasteiger partial charge in [0.15, 0.2) is 0 Å². The maximum atomic E-state index is 12.3. The number of benzene rings is 1. The molecule has 228 valence electrons. The Morgan fingerprint density at radius 2 is 1.18 bits per heavy atom. The molecule has 0 unspecified atom stereocenters. The second-order valence-electron chi connectivity index (χ2n) is 9.76. The van der Waals surface area contributed by atoms with Crippen molar-refractivity contribution < 1.29 is 26.4 Å². The second kappa shape index (κ2) is 19.7. The SMILES string of the molecule is O=C(CSSCC(=O)NCCCCCNS(=O)(=O)C1CCCCC1)NCCCCCNS(=O)(=O)c1ccccc1. The van der Waals surface area contributed by atoms with Gasteiger partial charge >= 0.3 is 0 Å².